The van der Waals surface area contributed by atoms with E-state index in [2.05, 4.69) is 10.0 Å². The highest BCUT2D eigenvalue weighted by Crippen LogP contribution is 2.29. The number of hydrogen-bond acceptors (Lipinski definition) is 7. The first-order valence-corrected chi connectivity index (χ1v) is 8.12. The average molecular weight is 363 g/mol. The molecule has 1 fully saturated rings. The van der Waals surface area contributed by atoms with E-state index in [-0.39, 0.29) is 6.61 Å². The van der Waals surface area contributed by atoms with Gasteiger partial charge in [-0.05, 0) is 18.0 Å². The van der Waals surface area contributed by atoms with Crippen molar-refractivity contribution < 1.29 is 28.5 Å². The van der Waals surface area contributed by atoms with Gasteiger partial charge in [-0.2, -0.15) is 0 Å². The molecule has 0 unspecified atom stereocenters. The molecule has 0 N–H and O–H groups in total. The molecule has 1 aliphatic heterocycles. The molecule has 1 saturated heterocycles. The number of rotatable bonds is 6. The minimum absolute atomic E-state index is 0.195. The quantitative estimate of drug-likeness (QED) is 0.331. The van der Waals surface area contributed by atoms with Crippen LogP contribution in [0, 0.1) is 0 Å². The Bertz CT molecular complexity index is 676. The van der Waals surface area contributed by atoms with Crippen molar-refractivity contribution in [1.82, 2.24) is 0 Å². The first kappa shape index (κ1) is 19.7. The van der Waals surface area contributed by atoms with Gasteiger partial charge in [0, 0.05) is 18.8 Å². The lowest BCUT2D eigenvalue weighted by molar-refractivity contribution is -0.273. The number of hydrogen-bond donors (Lipinski definition) is 0. The third kappa shape index (κ3) is 5.19. The Morgan fingerprint density at radius 1 is 1.15 bits per heavy atom. The van der Waals surface area contributed by atoms with Crippen LogP contribution < -0.4 is 0 Å². The van der Waals surface area contributed by atoms with Gasteiger partial charge in [-0.3, -0.25) is 9.59 Å². The highest BCUT2D eigenvalue weighted by atomic mass is 16.7. The fourth-order valence-corrected chi connectivity index (χ4v) is 2.74. The summed E-state index contributed by atoms with van der Waals surface area (Å²) in [6.45, 7) is 4.30. The van der Waals surface area contributed by atoms with E-state index in [0.717, 1.165) is 5.56 Å². The molecule has 0 saturated carbocycles. The van der Waals surface area contributed by atoms with E-state index >= 15 is 0 Å². The molecule has 1 aromatic rings. The zero-order chi connectivity index (χ0) is 19.1. The molecule has 1 heterocycles. The zero-order valence-electron chi connectivity index (χ0n) is 14.8. The van der Waals surface area contributed by atoms with E-state index in [1.165, 1.54) is 13.8 Å². The van der Waals surface area contributed by atoms with E-state index in [0.29, 0.717) is 0 Å². The van der Waals surface area contributed by atoms with Crippen LogP contribution in [0.3, 0.4) is 0 Å². The summed E-state index contributed by atoms with van der Waals surface area (Å²) < 4.78 is 21.9. The predicted octanol–water partition coefficient (Wildman–Crippen LogP) is 2.49. The molecule has 9 nitrogen and oxygen atoms in total. The summed E-state index contributed by atoms with van der Waals surface area (Å²) in [4.78, 5) is 25.7. The number of azide groups is 1. The van der Waals surface area contributed by atoms with Crippen LogP contribution in [0.25, 0.3) is 10.4 Å². The number of carbonyl (C=O) groups is 2. The van der Waals surface area contributed by atoms with E-state index in [9.17, 15) is 9.59 Å². The van der Waals surface area contributed by atoms with Gasteiger partial charge in [0.1, 0.15) is 6.10 Å². The second-order valence-corrected chi connectivity index (χ2v) is 5.85. The normalized spacial score (nSPS) is 27.9. The maximum absolute atomic E-state index is 11.5. The predicted molar refractivity (Wildman–Crippen MR) is 89.6 cm³/mol. The smallest absolute Gasteiger partial charge is 0.305 e. The molecule has 0 amide bonds. The Kier molecular flexibility index (Phi) is 6.97. The molecule has 5 atom stereocenters. The van der Waals surface area contributed by atoms with Crippen LogP contribution in [0.1, 0.15) is 26.3 Å². The van der Waals surface area contributed by atoms with Crippen molar-refractivity contribution in [3.8, 4) is 0 Å². The van der Waals surface area contributed by atoms with Gasteiger partial charge >= 0.3 is 11.9 Å². The van der Waals surface area contributed by atoms with E-state index in [1.54, 1.807) is 6.92 Å². The van der Waals surface area contributed by atoms with Gasteiger partial charge in [0.25, 0.3) is 0 Å². The van der Waals surface area contributed by atoms with Crippen molar-refractivity contribution in [2.45, 2.75) is 58.0 Å². The lowest BCUT2D eigenvalue weighted by Crippen LogP contribution is -2.59. The third-order valence-electron chi connectivity index (χ3n) is 3.81. The largest absolute Gasteiger partial charge is 0.453 e. The van der Waals surface area contributed by atoms with Crippen molar-refractivity contribution in [1.29, 1.82) is 0 Å². The van der Waals surface area contributed by atoms with Crippen molar-refractivity contribution >= 4 is 11.9 Å². The third-order valence-corrected chi connectivity index (χ3v) is 3.81. The van der Waals surface area contributed by atoms with Crippen LogP contribution >= 0.6 is 0 Å². The molecule has 0 aliphatic carbocycles. The molecule has 140 valence electrons. The van der Waals surface area contributed by atoms with Gasteiger partial charge in [0.15, 0.2) is 6.10 Å². The topological polar surface area (TPSA) is 120 Å². The molecule has 0 spiro atoms. The molecule has 0 radical (unpaired) electrons. The summed E-state index contributed by atoms with van der Waals surface area (Å²) in [5.74, 6) is -1.19. The molecule has 2 rings (SSSR count). The molecule has 0 aromatic heterocycles. The monoisotopic (exact) mass is 363 g/mol. The molecule has 26 heavy (non-hydrogen) atoms. The number of benzene rings is 1. The van der Waals surface area contributed by atoms with Crippen LogP contribution in [0.4, 0.5) is 0 Å². The van der Waals surface area contributed by atoms with Gasteiger partial charge in [0.2, 0.25) is 6.29 Å². The second-order valence-electron chi connectivity index (χ2n) is 5.85. The van der Waals surface area contributed by atoms with E-state index < -0.39 is 42.6 Å². The maximum atomic E-state index is 11.5. The lowest BCUT2D eigenvalue weighted by Gasteiger charge is -2.42. The summed E-state index contributed by atoms with van der Waals surface area (Å²) in [5, 5.41) is 3.73. The van der Waals surface area contributed by atoms with Crippen LogP contribution in [0.15, 0.2) is 35.4 Å². The fourth-order valence-electron chi connectivity index (χ4n) is 2.74. The second kappa shape index (κ2) is 9.19. The summed E-state index contributed by atoms with van der Waals surface area (Å²) in [7, 11) is 0. The van der Waals surface area contributed by atoms with Gasteiger partial charge < -0.3 is 18.9 Å². The van der Waals surface area contributed by atoms with E-state index in [4.69, 9.17) is 24.5 Å². The molecule has 1 aromatic carbocycles. The lowest BCUT2D eigenvalue weighted by atomic mass is 9.97. The highest BCUT2D eigenvalue weighted by Gasteiger charge is 2.48. The Hall–Kier alpha value is -2.61. The minimum atomic E-state index is -1.16. The standard InChI is InChI=1S/C17H21N3O6/c1-10-14(19-20-18)15(23-9-13-7-5-4-6-8-13)16(25-11(2)21)17(24-10)26-12(3)22/h4-8,10,14-17H,9H2,1-3H3/t10-,14-,15+,16+,17-/m1/s1. The van der Waals surface area contributed by atoms with E-state index in [1.807, 2.05) is 30.3 Å². The van der Waals surface area contributed by atoms with Crippen molar-refractivity contribution in [2.75, 3.05) is 0 Å². The minimum Gasteiger partial charge on any atom is -0.453 e. The van der Waals surface area contributed by atoms with Crippen LogP contribution in [0.2, 0.25) is 0 Å². The van der Waals surface area contributed by atoms with Crippen LogP contribution in [0.5, 0.6) is 0 Å². The fraction of sp³-hybridized carbons (Fsp3) is 0.529. The summed E-state index contributed by atoms with van der Waals surface area (Å²) >= 11 is 0. The maximum Gasteiger partial charge on any atom is 0.305 e. The molecule has 0 bridgehead atoms. The Morgan fingerprint density at radius 2 is 1.81 bits per heavy atom. The Morgan fingerprint density at radius 3 is 2.38 bits per heavy atom. The van der Waals surface area contributed by atoms with Crippen molar-refractivity contribution in [2.24, 2.45) is 5.11 Å². The van der Waals surface area contributed by atoms with Crippen LogP contribution in [-0.4, -0.2) is 42.6 Å². The summed E-state index contributed by atoms with van der Waals surface area (Å²) in [6, 6.07) is 8.58. The molecule has 1 aliphatic rings. The number of carbonyl (C=O) groups excluding carboxylic acids is 2. The number of esters is 2. The Labute approximate surface area is 150 Å². The van der Waals surface area contributed by atoms with Gasteiger partial charge in [-0.1, -0.05) is 35.4 Å². The average Bonchev–Trinajstić information content (AvgIpc) is 2.58. The highest BCUT2D eigenvalue weighted by molar-refractivity contribution is 5.67. The first-order valence-electron chi connectivity index (χ1n) is 8.12. The number of nitrogens with zero attached hydrogens (tertiary/aromatic N) is 3. The zero-order valence-corrected chi connectivity index (χ0v) is 14.8. The van der Waals surface area contributed by atoms with Crippen molar-refractivity contribution in [3.63, 3.8) is 0 Å². The molecule has 9 heteroatoms. The summed E-state index contributed by atoms with van der Waals surface area (Å²) in [6.07, 6.45) is -3.67. The van der Waals surface area contributed by atoms with Crippen molar-refractivity contribution in [3.05, 3.63) is 46.3 Å². The van der Waals surface area contributed by atoms with Crippen LogP contribution in [-0.2, 0) is 35.1 Å². The number of ether oxygens (including phenoxy) is 4. The summed E-state index contributed by atoms with van der Waals surface area (Å²) in [5.41, 5.74) is 9.76. The Balaban J connectivity index is 2.28. The molecular formula is C17H21N3O6. The van der Waals surface area contributed by atoms with Gasteiger partial charge in [-0.15, -0.1) is 0 Å². The van der Waals surface area contributed by atoms with Gasteiger partial charge in [0.05, 0.1) is 18.8 Å². The first-order chi connectivity index (χ1) is 12.4. The molecular weight excluding hydrogens is 342 g/mol. The SMILES string of the molecule is CC(=O)O[C@H]1O[C@H](C)[C@@H](N=[N+]=[N-])[C@H](OCc2ccccc2)[C@@H]1OC(C)=O. The van der Waals surface area contributed by atoms with Gasteiger partial charge in [-0.25, -0.2) is 0 Å².